The highest BCUT2D eigenvalue weighted by Crippen LogP contribution is 2.18. The fraction of sp³-hybridized carbons (Fsp3) is 0.286. The van der Waals surface area contributed by atoms with Gasteiger partial charge in [-0.1, -0.05) is 41.9 Å². The smallest absolute Gasteiger partial charge is 0.343 e. The van der Waals surface area contributed by atoms with Crippen LogP contribution < -0.4 is 5.32 Å². The predicted octanol–water partition coefficient (Wildman–Crippen LogP) is 2.51. The van der Waals surface area contributed by atoms with Crippen LogP contribution in [-0.4, -0.2) is 21.0 Å². The van der Waals surface area contributed by atoms with Gasteiger partial charge in [0.2, 0.25) is 0 Å². The normalized spacial score (nSPS) is 11.9. The lowest BCUT2D eigenvalue weighted by molar-refractivity contribution is -0.389. The van der Waals surface area contributed by atoms with E-state index in [-0.39, 0.29) is 17.6 Å². The lowest BCUT2D eigenvalue weighted by atomic mass is 10.0. The average Bonchev–Trinajstić information content (AvgIpc) is 2.96. The number of carbonyl (C=O) groups is 1. The Labute approximate surface area is 121 Å². The molecule has 1 atom stereocenters. The van der Waals surface area contributed by atoms with Gasteiger partial charge in [-0.25, -0.2) is 0 Å². The van der Waals surface area contributed by atoms with Crippen molar-refractivity contribution in [3.63, 3.8) is 0 Å². The second-order valence-electron chi connectivity index (χ2n) is 4.74. The van der Waals surface area contributed by atoms with Gasteiger partial charge in [-0.2, -0.15) is 0 Å². The molecule has 1 aromatic heterocycles. The summed E-state index contributed by atoms with van der Waals surface area (Å²) in [7, 11) is 0. The maximum Gasteiger partial charge on any atom is 0.343 e. The third-order valence-corrected chi connectivity index (χ3v) is 3.19. The van der Waals surface area contributed by atoms with Crippen LogP contribution in [0.15, 0.2) is 30.3 Å². The van der Waals surface area contributed by atoms with Crippen molar-refractivity contribution in [3.8, 4) is 0 Å². The van der Waals surface area contributed by atoms with Gasteiger partial charge >= 0.3 is 5.82 Å². The molecule has 2 rings (SSSR count). The van der Waals surface area contributed by atoms with Crippen molar-refractivity contribution in [1.29, 1.82) is 0 Å². The number of aromatic nitrogens is 2. The standard InChI is InChI=1S/C14H16N4O3/c1-3-11(10-6-4-9(2)5-7-10)15-14(19)12-8-13(17-16-12)18(20)21/h4-8,11H,3H2,1-2H3,(H,15,19)(H,16,17). The number of benzene rings is 1. The summed E-state index contributed by atoms with van der Waals surface area (Å²) in [4.78, 5) is 22.0. The zero-order valence-corrected chi connectivity index (χ0v) is 11.8. The van der Waals surface area contributed by atoms with Gasteiger partial charge in [-0.05, 0) is 23.8 Å². The molecule has 0 aliphatic rings. The number of nitrogens with one attached hydrogen (secondary N) is 2. The average molecular weight is 288 g/mol. The molecule has 1 amide bonds. The minimum absolute atomic E-state index is 0.00672. The summed E-state index contributed by atoms with van der Waals surface area (Å²) in [5.41, 5.74) is 2.14. The molecule has 0 spiro atoms. The summed E-state index contributed by atoms with van der Waals surface area (Å²) < 4.78 is 0. The number of hydrogen-bond donors (Lipinski definition) is 2. The quantitative estimate of drug-likeness (QED) is 0.652. The maximum atomic E-state index is 12.1. The van der Waals surface area contributed by atoms with Gasteiger partial charge in [0.05, 0.1) is 12.1 Å². The molecule has 1 unspecified atom stereocenters. The Bertz CT molecular complexity index is 648. The van der Waals surface area contributed by atoms with E-state index in [1.54, 1.807) is 0 Å². The van der Waals surface area contributed by atoms with E-state index in [4.69, 9.17) is 0 Å². The Hall–Kier alpha value is -2.70. The summed E-state index contributed by atoms with van der Waals surface area (Å²) in [6.45, 7) is 3.95. The highest BCUT2D eigenvalue weighted by Gasteiger charge is 2.19. The van der Waals surface area contributed by atoms with Gasteiger partial charge in [0.15, 0.2) is 5.69 Å². The number of carbonyl (C=O) groups excluding carboxylic acids is 1. The van der Waals surface area contributed by atoms with E-state index < -0.39 is 10.8 Å². The first-order chi connectivity index (χ1) is 10.0. The Kier molecular flexibility index (Phi) is 4.32. The van der Waals surface area contributed by atoms with Gasteiger partial charge in [0, 0.05) is 0 Å². The number of nitro groups is 1. The van der Waals surface area contributed by atoms with Crippen molar-refractivity contribution in [3.05, 3.63) is 57.3 Å². The zero-order valence-electron chi connectivity index (χ0n) is 11.8. The van der Waals surface area contributed by atoms with E-state index in [2.05, 4.69) is 15.5 Å². The van der Waals surface area contributed by atoms with Gasteiger partial charge in [0.1, 0.15) is 0 Å². The van der Waals surface area contributed by atoms with E-state index >= 15 is 0 Å². The van der Waals surface area contributed by atoms with Crippen LogP contribution in [0, 0.1) is 17.0 Å². The van der Waals surface area contributed by atoms with Gasteiger partial charge in [-0.15, -0.1) is 5.10 Å². The molecule has 1 aromatic carbocycles. The summed E-state index contributed by atoms with van der Waals surface area (Å²) in [6, 6.07) is 8.83. The minimum atomic E-state index is -0.624. The second-order valence-corrected chi connectivity index (χ2v) is 4.74. The number of aryl methyl sites for hydroxylation is 1. The summed E-state index contributed by atoms with van der Waals surface area (Å²) in [6.07, 6.45) is 0.710. The van der Waals surface area contributed by atoms with E-state index in [0.717, 1.165) is 17.2 Å². The molecule has 0 aliphatic carbocycles. The highest BCUT2D eigenvalue weighted by atomic mass is 16.6. The second kappa shape index (κ2) is 6.17. The van der Waals surface area contributed by atoms with Crippen molar-refractivity contribution in [2.24, 2.45) is 0 Å². The number of hydrogen-bond acceptors (Lipinski definition) is 4. The molecule has 0 saturated carbocycles. The van der Waals surface area contributed by atoms with Crippen LogP contribution >= 0.6 is 0 Å². The number of aromatic amines is 1. The van der Waals surface area contributed by atoms with Crippen LogP contribution in [0.3, 0.4) is 0 Å². The van der Waals surface area contributed by atoms with Crippen molar-refractivity contribution in [2.45, 2.75) is 26.3 Å². The van der Waals surface area contributed by atoms with E-state index in [1.807, 2.05) is 38.1 Å². The SMILES string of the molecule is CCC(NC(=O)c1cc([N+](=O)[O-])[nH]n1)c1ccc(C)cc1. The van der Waals surface area contributed by atoms with Gasteiger partial charge < -0.3 is 15.4 Å². The van der Waals surface area contributed by atoms with Crippen molar-refractivity contribution in [1.82, 2.24) is 15.5 Å². The van der Waals surface area contributed by atoms with Gasteiger partial charge in [-0.3, -0.25) is 4.79 Å². The lowest BCUT2D eigenvalue weighted by Gasteiger charge is -2.16. The van der Waals surface area contributed by atoms with Crippen LogP contribution in [0.25, 0.3) is 0 Å². The summed E-state index contributed by atoms with van der Waals surface area (Å²) in [5, 5.41) is 19.3. The third kappa shape index (κ3) is 3.44. The van der Waals surface area contributed by atoms with Crippen LogP contribution in [0.2, 0.25) is 0 Å². The van der Waals surface area contributed by atoms with E-state index in [0.29, 0.717) is 6.42 Å². The monoisotopic (exact) mass is 288 g/mol. The first kappa shape index (κ1) is 14.7. The molecule has 2 aromatic rings. The lowest BCUT2D eigenvalue weighted by Crippen LogP contribution is -2.28. The van der Waals surface area contributed by atoms with E-state index in [9.17, 15) is 14.9 Å². The molecule has 110 valence electrons. The molecule has 0 bridgehead atoms. The largest absolute Gasteiger partial charge is 0.358 e. The van der Waals surface area contributed by atoms with E-state index in [1.165, 1.54) is 0 Å². The summed E-state index contributed by atoms with van der Waals surface area (Å²) in [5.74, 6) is -0.740. The Balaban J connectivity index is 2.12. The minimum Gasteiger partial charge on any atom is -0.358 e. The number of amides is 1. The molecular formula is C14H16N4O3. The Morgan fingerprint density at radius 3 is 2.62 bits per heavy atom. The molecule has 0 radical (unpaired) electrons. The molecule has 7 nitrogen and oxygen atoms in total. The molecule has 0 saturated heterocycles. The Morgan fingerprint density at radius 1 is 1.43 bits per heavy atom. The maximum absolute atomic E-state index is 12.1. The zero-order chi connectivity index (χ0) is 15.4. The van der Waals surface area contributed by atoms with Crippen LogP contribution in [0.1, 0.15) is 41.0 Å². The molecule has 0 aliphatic heterocycles. The van der Waals surface area contributed by atoms with Crippen molar-refractivity contribution >= 4 is 11.7 Å². The van der Waals surface area contributed by atoms with Crippen molar-refractivity contribution in [2.75, 3.05) is 0 Å². The topological polar surface area (TPSA) is 101 Å². The number of rotatable bonds is 5. The van der Waals surface area contributed by atoms with Crippen LogP contribution in [0.5, 0.6) is 0 Å². The fourth-order valence-corrected chi connectivity index (χ4v) is 1.97. The predicted molar refractivity (Wildman–Crippen MR) is 76.9 cm³/mol. The molecule has 2 N–H and O–H groups in total. The first-order valence-electron chi connectivity index (χ1n) is 6.58. The number of nitrogens with zero attached hydrogens (tertiary/aromatic N) is 2. The molecule has 1 heterocycles. The summed E-state index contributed by atoms with van der Waals surface area (Å²) >= 11 is 0. The van der Waals surface area contributed by atoms with Crippen LogP contribution in [-0.2, 0) is 0 Å². The molecular weight excluding hydrogens is 272 g/mol. The number of H-pyrrole nitrogens is 1. The van der Waals surface area contributed by atoms with Crippen molar-refractivity contribution < 1.29 is 9.72 Å². The third-order valence-electron chi connectivity index (χ3n) is 3.19. The van der Waals surface area contributed by atoms with Crippen LogP contribution in [0.4, 0.5) is 5.82 Å². The molecule has 7 heteroatoms. The highest BCUT2D eigenvalue weighted by molar-refractivity contribution is 5.93. The molecule has 21 heavy (non-hydrogen) atoms. The first-order valence-corrected chi connectivity index (χ1v) is 6.58. The Morgan fingerprint density at radius 2 is 2.10 bits per heavy atom. The molecule has 0 fully saturated rings. The van der Waals surface area contributed by atoms with Gasteiger partial charge in [0.25, 0.3) is 5.91 Å². The fourth-order valence-electron chi connectivity index (χ4n) is 1.97.